The summed E-state index contributed by atoms with van der Waals surface area (Å²) in [5.41, 5.74) is 3.11. The SMILES string of the molecule is CCOC(=O)c1c(C)nc2n1OC(C)c1ccc(C#N)cc1-2. The molecule has 1 aliphatic heterocycles. The predicted octanol–water partition coefficient (Wildman–Crippen LogP) is 2.41. The summed E-state index contributed by atoms with van der Waals surface area (Å²) in [6.07, 6.45) is -0.253. The van der Waals surface area contributed by atoms with E-state index < -0.39 is 5.97 Å². The van der Waals surface area contributed by atoms with Gasteiger partial charge in [-0.1, -0.05) is 6.07 Å². The van der Waals surface area contributed by atoms with Gasteiger partial charge in [-0.05, 0) is 32.9 Å². The fourth-order valence-corrected chi connectivity index (χ4v) is 2.60. The number of nitriles is 1. The normalized spacial score (nSPS) is 15.3. The average molecular weight is 297 g/mol. The highest BCUT2D eigenvalue weighted by atomic mass is 16.7. The Hall–Kier alpha value is -2.81. The Bertz CT molecular complexity index is 802. The number of hydrogen-bond acceptors (Lipinski definition) is 5. The highest BCUT2D eigenvalue weighted by Gasteiger charge is 2.31. The van der Waals surface area contributed by atoms with Crippen LogP contribution >= 0.6 is 0 Å². The standard InChI is InChI=1S/C16H15N3O3/c1-4-21-16(20)14-9(2)18-15-13-7-11(8-17)5-6-12(13)10(3)22-19(14)15/h5-7,10H,4H2,1-3H3. The lowest BCUT2D eigenvalue weighted by molar-refractivity contribution is 0.0256. The maximum absolute atomic E-state index is 12.1. The molecule has 1 aliphatic rings. The van der Waals surface area contributed by atoms with Crippen molar-refractivity contribution >= 4 is 5.97 Å². The van der Waals surface area contributed by atoms with Crippen LogP contribution in [0.3, 0.4) is 0 Å². The van der Waals surface area contributed by atoms with Gasteiger partial charge in [-0.2, -0.15) is 9.99 Å². The number of nitrogens with zero attached hydrogens (tertiary/aromatic N) is 3. The van der Waals surface area contributed by atoms with E-state index in [0.29, 0.717) is 17.1 Å². The van der Waals surface area contributed by atoms with Crippen molar-refractivity contribution in [3.8, 4) is 17.5 Å². The summed E-state index contributed by atoms with van der Waals surface area (Å²) in [5.74, 6) is 0.0524. The minimum atomic E-state index is -0.467. The molecule has 0 saturated heterocycles. The van der Waals surface area contributed by atoms with Crippen molar-refractivity contribution in [2.24, 2.45) is 0 Å². The first-order chi connectivity index (χ1) is 10.6. The van der Waals surface area contributed by atoms with Gasteiger partial charge in [0.25, 0.3) is 0 Å². The molecule has 22 heavy (non-hydrogen) atoms. The molecular formula is C16H15N3O3. The second-order valence-electron chi connectivity index (χ2n) is 5.05. The molecule has 0 aliphatic carbocycles. The van der Waals surface area contributed by atoms with Crippen LogP contribution in [0.2, 0.25) is 0 Å². The highest BCUT2D eigenvalue weighted by molar-refractivity contribution is 5.90. The van der Waals surface area contributed by atoms with Gasteiger partial charge in [0.15, 0.2) is 11.5 Å². The number of carbonyl (C=O) groups excluding carboxylic acids is 1. The van der Waals surface area contributed by atoms with Gasteiger partial charge >= 0.3 is 5.97 Å². The van der Waals surface area contributed by atoms with Gasteiger partial charge in [-0.25, -0.2) is 9.78 Å². The molecule has 6 nitrogen and oxygen atoms in total. The fraction of sp³-hybridized carbons (Fsp3) is 0.312. The van der Waals surface area contributed by atoms with Gasteiger partial charge in [0.2, 0.25) is 0 Å². The molecule has 1 unspecified atom stereocenters. The third-order valence-corrected chi connectivity index (χ3v) is 3.61. The molecule has 0 N–H and O–H groups in total. The third kappa shape index (κ3) is 2.02. The molecule has 2 aromatic rings. The van der Waals surface area contributed by atoms with Gasteiger partial charge in [0.05, 0.1) is 23.9 Å². The second-order valence-corrected chi connectivity index (χ2v) is 5.05. The number of carbonyl (C=O) groups is 1. The number of imidazole rings is 1. The fourth-order valence-electron chi connectivity index (χ4n) is 2.60. The van der Waals surface area contributed by atoms with Gasteiger partial charge in [-0.3, -0.25) is 0 Å². The van der Waals surface area contributed by atoms with Crippen molar-refractivity contribution in [2.45, 2.75) is 26.9 Å². The lowest BCUT2D eigenvalue weighted by Crippen LogP contribution is -2.26. The quantitative estimate of drug-likeness (QED) is 0.795. The molecule has 0 saturated carbocycles. The van der Waals surface area contributed by atoms with E-state index in [9.17, 15) is 4.79 Å². The molecule has 1 atom stereocenters. The minimum absolute atomic E-state index is 0.253. The van der Waals surface area contributed by atoms with E-state index in [2.05, 4.69) is 11.1 Å². The van der Waals surface area contributed by atoms with Crippen LogP contribution < -0.4 is 4.84 Å². The van der Waals surface area contributed by atoms with E-state index >= 15 is 0 Å². The molecule has 2 heterocycles. The smallest absolute Gasteiger partial charge is 0.360 e. The second kappa shape index (κ2) is 5.19. The van der Waals surface area contributed by atoms with E-state index in [-0.39, 0.29) is 18.4 Å². The summed E-state index contributed by atoms with van der Waals surface area (Å²) in [4.78, 5) is 22.4. The van der Waals surface area contributed by atoms with Crippen molar-refractivity contribution in [3.05, 3.63) is 40.7 Å². The van der Waals surface area contributed by atoms with Crippen LogP contribution in [-0.4, -0.2) is 22.3 Å². The molecule has 0 fully saturated rings. The summed E-state index contributed by atoms with van der Waals surface area (Å²) < 4.78 is 6.49. The number of benzene rings is 1. The zero-order valence-electron chi connectivity index (χ0n) is 12.6. The Balaban J connectivity index is 2.21. The number of rotatable bonds is 2. The van der Waals surface area contributed by atoms with Crippen LogP contribution in [0.5, 0.6) is 0 Å². The monoisotopic (exact) mass is 297 g/mol. The summed E-state index contributed by atoms with van der Waals surface area (Å²) in [6, 6.07) is 7.49. The number of esters is 1. The van der Waals surface area contributed by atoms with Gasteiger partial charge in [0, 0.05) is 11.1 Å². The maximum atomic E-state index is 12.1. The van der Waals surface area contributed by atoms with Crippen molar-refractivity contribution in [1.29, 1.82) is 5.26 Å². The van der Waals surface area contributed by atoms with Crippen LogP contribution in [0, 0.1) is 18.3 Å². The number of ether oxygens (including phenoxy) is 1. The number of aryl methyl sites for hydroxylation is 1. The lowest BCUT2D eigenvalue weighted by atomic mass is 9.99. The Kier molecular flexibility index (Phi) is 3.33. The van der Waals surface area contributed by atoms with E-state index in [0.717, 1.165) is 11.1 Å². The molecule has 112 valence electrons. The zero-order chi connectivity index (χ0) is 15.9. The van der Waals surface area contributed by atoms with Gasteiger partial charge < -0.3 is 9.57 Å². The summed E-state index contributed by atoms with van der Waals surface area (Å²) in [6.45, 7) is 5.65. The van der Waals surface area contributed by atoms with E-state index in [1.54, 1.807) is 26.0 Å². The molecule has 0 amide bonds. The first kappa shape index (κ1) is 14.1. The molecule has 1 aromatic heterocycles. The minimum Gasteiger partial charge on any atom is -0.461 e. The van der Waals surface area contributed by atoms with E-state index in [4.69, 9.17) is 14.8 Å². The van der Waals surface area contributed by atoms with Crippen LogP contribution in [0.1, 0.15) is 47.3 Å². The lowest BCUT2D eigenvalue weighted by Gasteiger charge is -2.25. The van der Waals surface area contributed by atoms with Crippen molar-refractivity contribution in [2.75, 3.05) is 6.61 Å². The summed E-state index contributed by atoms with van der Waals surface area (Å²) in [7, 11) is 0. The molecule has 0 radical (unpaired) electrons. The Morgan fingerprint density at radius 2 is 2.32 bits per heavy atom. The Morgan fingerprint density at radius 1 is 1.55 bits per heavy atom. The summed E-state index contributed by atoms with van der Waals surface area (Å²) >= 11 is 0. The third-order valence-electron chi connectivity index (χ3n) is 3.61. The summed E-state index contributed by atoms with van der Waals surface area (Å²) in [5, 5.41) is 9.09. The molecule has 0 bridgehead atoms. The van der Waals surface area contributed by atoms with E-state index in [1.165, 1.54) is 4.73 Å². The molecular weight excluding hydrogens is 282 g/mol. The number of hydrogen-bond donors (Lipinski definition) is 0. The molecule has 6 heteroatoms. The Labute approximate surface area is 127 Å². The van der Waals surface area contributed by atoms with Crippen LogP contribution in [0.4, 0.5) is 0 Å². The average Bonchev–Trinajstić information content (AvgIpc) is 2.83. The largest absolute Gasteiger partial charge is 0.461 e. The number of aromatic nitrogens is 2. The van der Waals surface area contributed by atoms with Crippen LogP contribution in [0.15, 0.2) is 18.2 Å². The van der Waals surface area contributed by atoms with Crippen LogP contribution in [0.25, 0.3) is 11.4 Å². The number of fused-ring (bicyclic) bond motifs is 3. The topological polar surface area (TPSA) is 77.1 Å². The first-order valence-corrected chi connectivity index (χ1v) is 7.04. The van der Waals surface area contributed by atoms with Gasteiger partial charge in [-0.15, -0.1) is 0 Å². The van der Waals surface area contributed by atoms with Crippen molar-refractivity contribution in [1.82, 2.24) is 9.71 Å². The van der Waals surface area contributed by atoms with Crippen molar-refractivity contribution < 1.29 is 14.4 Å². The molecule has 3 rings (SSSR count). The highest BCUT2D eigenvalue weighted by Crippen LogP contribution is 2.35. The molecule has 0 spiro atoms. The Morgan fingerprint density at radius 3 is 3.00 bits per heavy atom. The maximum Gasteiger partial charge on any atom is 0.360 e. The predicted molar refractivity (Wildman–Crippen MR) is 78.1 cm³/mol. The van der Waals surface area contributed by atoms with Crippen LogP contribution in [-0.2, 0) is 4.74 Å². The first-order valence-electron chi connectivity index (χ1n) is 7.04. The van der Waals surface area contributed by atoms with Crippen molar-refractivity contribution in [3.63, 3.8) is 0 Å². The molecule has 1 aromatic carbocycles. The zero-order valence-corrected chi connectivity index (χ0v) is 12.6. The van der Waals surface area contributed by atoms with Gasteiger partial charge in [0.1, 0.15) is 6.10 Å². The van der Waals surface area contributed by atoms with E-state index in [1.807, 2.05) is 13.0 Å².